The summed E-state index contributed by atoms with van der Waals surface area (Å²) in [5.41, 5.74) is 2.55. The molecule has 3 aliphatic rings. The Balaban J connectivity index is 1.70. The van der Waals surface area contributed by atoms with Gasteiger partial charge in [-0.2, -0.15) is 0 Å². The predicted octanol–water partition coefficient (Wildman–Crippen LogP) is 4.92. The predicted molar refractivity (Wildman–Crippen MR) is 106 cm³/mol. The lowest BCUT2D eigenvalue weighted by Gasteiger charge is -2.43. The van der Waals surface area contributed by atoms with Crippen LogP contribution in [0, 0.1) is 11.8 Å². The second-order valence-electron chi connectivity index (χ2n) is 7.65. The third kappa shape index (κ3) is 2.93. The van der Waals surface area contributed by atoms with E-state index in [1.807, 2.05) is 0 Å². The van der Waals surface area contributed by atoms with E-state index in [0.717, 1.165) is 23.9 Å². The van der Waals surface area contributed by atoms with Crippen molar-refractivity contribution >= 4 is 13.2 Å². The maximum Gasteiger partial charge on any atom is 0.0104 e. The lowest BCUT2D eigenvalue weighted by molar-refractivity contribution is 0.195. The largest absolute Gasteiger partial charge is 0.306 e. The number of rotatable bonds is 5. The summed E-state index contributed by atoms with van der Waals surface area (Å²) in [4.78, 5) is 2.44. The maximum absolute atomic E-state index is 2.56. The molecule has 0 unspecified atom stereocenters. The normalized spacial score (nSPS) is 30.6. The molecular weight excluding hydrogens is 309 g/mol. The zero-order chi connectivity index (χ0) is 16.7. The van der Waals surface area contributed by atoms with Crippen LogP contribution in [0.15, 0.2) is 65.5 Å². The Hall–Kier alpha value is -1.17. The lowest BCUT2D eigenvalue weighted by Crippen LogP contribution is -2.43. The number of hydrogen-bond acceptors (Lipinski definition) is 1. The van der Waals surface area contributed by atoms with Crippen molar-refractivity contribution in [3.63, 3.8) is 0 Å². The van der Waals surface area contributed by atoms with Crippen LogP contribution < -0.4 is 5.30 Å². The lowest BCUT2D eigenvalue weighted by atomic mass is 9.82. The van der Waals surface area contributed by atoms with E-state index in [1.54, 1.807) is 16.2 Å². The minimum Gasteiger partial charge on any atom is -0.306 e. The summed E-state index contributed by atoms with van der Waals surface area (Å²) in [6.45, 7) is 2.44. The van der Waals surface area contributed by atoms with Crippen LogP contribution in [0.1, 0.15) is 26.2 Å². The first-order chi connectivity index (χ1) is 11.7. The van der Waals surface area contributed by atoms with E-state index in [1.165, 1.54) is 12.8 Å². The number of fused-ring (bicyclic) bond motifs is 1. The third-order valence-electron chi connectivity index (χ3n) is 6.10. The smallest absolute Gasteiger partial charge is 0.0104 e. The van der Waals surface area contributed by atoms with Crippen LogP contribution in [0.2, 0.25) is 0 Å². The average molecular weight is 337 g/mol. The molecule has 3 aliphatic carbocycles. The summed E-state index contributed by atoms with van der Waals surface area (Å²) >= 11 is 0. The fourth-order valence-electron chi connectivity index (χ4n) is 4.58. The Labute approximate surface area is 147 Å². The second-order valence-corrected chi connectivity index (χ2v) is 10.1. The van der Waals surface area contributed by atoms with Gasteiger partial charge in [0.25, 0.3) is 0 Å². The van der Waals surface area contributed by atoms with Crippen molar-refractivity contribution in [3.05, 3.63) is 65.5 Å². The highest BCUT2D eigenvalue weighted by atomic mass is 31.1. The van der Waals surface area contributed by atoms with Gasteiger partial charge in [-0.25, -0.2) is 0 Å². The third-order valence-corrected chi connectivity index (χ3v) is 9.17. The molecule has 1 aromatic rings. The van der Waals surface area contributed by atoms with Crippen molar-refractivity contribution in [2.24, 2.45) is 11.8 Å². The molecule has 24 heavy (non-hydrogen) atoms. The van der Waals surface area contributed by atoms with E-state index < -0.39 is 0 Å². The highest BCUT2D eigenvalue weighted by Gasteiger charge is 2.48. The molecule has 0 amide bonds. The SMILES string of the molecule is C[C@H]([C@@H]1[C@H]2C=C2CC[C@@H]1[P@](C1=CC=CC1)c1ccccc1)N(C)C. The Bertz CT molecular complexity index is 685. The van der Waals surface area contributed by atoms with E-state index >= 15 is 0 Å². The minimum absolute atomic E-state index is 0.233. The summed E-state index contributed by atoms with van der Waals surface area (Å²) in [6.07, 6.45) is 13.4. The molecule has 0 aromatic heterocycles. The van der Waals surface area contributed by atoms with Gasteiger partial charge in [0.1, 0.15) is 0 Å². The van der Waals surface area contributed by atoms with Crippen molar-refractivity contribution in [2.45, 2.75) is 37.9 Å². The summed E-state index contributed by atoms with van der Waals surface area (Å²) in [6, 6.07) is 12.0. The molecule has 0 spiro atoms. The Morgan fingerprint density at radius 2 is 1.96 bits per heavy atom. The van der Waals surface area contributed by atoms with Gasteiger partial charge in [-0.15, -0.1) is 0 Å². The molecule has 126 valence electrons. The molecular formula is C22H28NP. The summed E-state index contributed by atoms with van der Waals surface area (Å²) in [5.74, 6) is 1.56. The molecule has 2 heteroatoms. The second kappa shape index (κ2) is 6.62. The van der Waals surface area contributed by atoms with Gasteiger partial charge in [-0.05, 0) is 70.4 Å². The van der Waals surface area contributed by atoms with E-state index in [0.29, 0.717) is 6.04 Å². The van der Waals surface area contributed by atoms with Crippen LogP contribution in [0.5, 0.6) is 0 Å². The van der Waals surface area contributed by atoms with Gasteiger partial charge in [-0.3, -0.25) is 0 Å². The summed E-state index contributed by atoms with van der Waals surface area (Å²) in [5, 5.41) is 3.26. The van der Waals surface area contributed by atoms with Crippen LogP contribution in [-0.4, -0.2) is 30.7 Å². The molecule has 1 aromatic carbocycles. The molecule has 0 N–H and O–H groups in total. The Kier molecular flexibility index (Phi) is 4.50. The van der Waals surface area contributed by atoms with Crippen LogP contribution in [0.4, 0.5) is 0 Å². The van der Waals surface area contributed by atoms with Gasteiger partial charge < -0.3 is 4.90 Å². The number of hydrogen-bond donors (Lipinski definition) is 0. The van der Waals surface area contributed by atoms with Crippen molar-refractivity contribution in [1.82, 2.24) is 4.90 Å². The standard InChI is InChI=1S/C22H28NP/c1-16(23(2)3)22-20-15-17(20)13-14-21(22)24(19-11-7-8-12-19)18-9-5-4-6-10-18/h4-11,15-16,20-22H,12-14H2,1-3H3/t16-,20+,21+,22-,24+/m1/s1. The maximum atomic E-state index is 2.56. The molecule has 1 fully saturated rings. The highest BCUT2D eigenvalue weighted by molar-refractivity contribution is 7.70. The molecule has 0 bridgehead atoms. The van der Waals surface area contributed by atoms with E-state index in [-0.39, 0.29) is 7.92 Å². The van der Waals surface area contributed by atoms with Crippen molar-refractivity contribution in [3.8, 4) is 0 Å². The van der Waals surface area contributed by atoms with Gasteiger partial charge in [0, 0.05) is 12.0 Å². The molecule has 0 saturated heterocycles. The highest BCUT2D eigenvalue weighted by Crippen LogP contribution is 2.62. The molecule has 0 radical (unpaired) electrons. The van der Waals surface area contributed by atoms with E-state index in [4.69, 9.17) is 0 Å². The first-order valence-corrected chi connectivity index (χ1v) is 10.6. The summed E-state index contributed by atoms with van der Waals surface area (Å²) < 4.78 is 0. The average Bonchev–Trinajstić information content (AvgIpc) is 3.19. The fourth-order valence-corrected chi connectivity index (χ4v) is 7.93. The molecule has 0 heterocycles. The Morgan fingerprint density at radius 3 is 2.62 bits per heavy atom. The number of allylic oxidation sites excluding steroid dienone is 6. The van der Waals surface area contributed by atoms with Gasteiger partial charge >= 0.3 is 0 Å². The number of benzene rings is 1. The molecule has 5 atom stereocenters. The first kappa shape index (κ1) is 16.3. The van der Waals surface area contributed by atoms with Gasteiger partial charge in [-0.1, -0.05) is 60.2 Å². The van der Waals surface area contributed by atoms with Crippen molar-refractivity contribution in [2.75, 3.05) is 14.1 Å². The van der Waals surface area contributed by atoms with Gasteiger partial charge in [0.15, 0.2) is 0 Å². The van der Waals surface area contributed by atoms with Gasteiger partial charge in [0.2, 0.25) is 0 Å². The van der Waals surface area contributed by atoms with Crippen LogP contribution >= 0.6 is 7.92 Å². The monoisotopic (exact) mass is 337 g/mol. The van der Waals surface area contributed by atoms with Crippen LogP contribution in [0.3, 0.4) is 0 Å². The molecule has 1 saturated carbocycles. The van der Waals surface area contributed by atoms with Crippen LogP contribution in [0.25, 0.3) is 0 Å². The summed E-state index contributed by atoms with van der Waals surface area (Å²) in [7, 11) is 4.27. The number of nitrogens with zero attached hydrogens (tertiary/aromatic N) is 1. The topological polar surface area (TPSA) is 3.24 Å². The first-order valence-electron chi connectivity index (χ1n) is 9.24. The fraction of sp³-hybridized carbons (Fsp3) is 0.455. The van der Waals surface area contributed by atoms with E-state index in [2.05, 4.69) is 80.6 Å². The van der Waals surface area contributed by atoms with E-state index in [9.17, 15) is 0 Å². The molecule has 4 rings (SSSR count). The molecule has 1 nitrogen and oxygen atoms in total. The zero-order valence-electron chi connectivity index (χ0n) is 15.0. The molecule has 0 aliphatic heterocycles. The van der Waals surface area contributed by atoms with Crippen molar-refractivity contribution in [1.29, 1.82) is 0 Å². The minimum atomic E-state index is -0.233. The zero-order valence-corrected chi connectivity index (χ0v) is 15.9. The van der Waals surface area contributed by atoms with Gasteiger partial charge in [0.05, 0.1) is 0 Å². The van der Waals surface area contributed by atoms with Crippen LogP contribution in [-0.2, 0) is 0 Å². The quantitative estimate of drug-likeness (QED) is 0.544. The Morgan fingerprint density at radius 1 is 1.17 bits per heavy atom. The van der Waals surface area contributed by atoms with Crippen molar-refractivity contribution < 1.29 is 0 Å².